The summed E-state index contributed by atoms with van der Waals surface area (Å²) >= 11 is 0. The van der Waals surface area contributed by atoms with Crippen molar-refractivity contribution in [3.63, 3.8) is 0 Å². The molecule has 3 nitrogen and oxygen atoms in total. The maximum atomic E-state index is 9.42. The molecule has 0 saturated carbocycles. The van der Waals surface area contributed by atoms with E-state index in [-0.39, 0.29) is 5.76 Å². The van der Waals surface area contributed by atoms with Gasteiger partial charge in [0.1, 0.15) is 17.2 Å². The molecule has 1 aromatic heterocycles. The summed E-state index contributed by atoms with van der Waals surface area (Å²) in [5.41, 5.74) is 4.55. The molecule has 3 heteroatoms. The molecule has 0 aliphatic rings. The van der Waals surface area contributed by atoms with Gasteiger partial charge in [0, 0.05) is 5.56 Å². The van der Waals surface area contributed by atoms with E-state index in [0.717, 1.165) is 28.1 Å². The molecule has 2 aromatic rings. The minimum Gasteiger partial charge on any atom is -0.506 e. The van der Waals surface area contributed by atoms with Crippen LogP contribution in [0.5, 0.6) is 5.75 Å². The molecule has 1 aromatic carbocycles. The second-order valence-corrected chi connectivity index (χ2v) is 4.42. The number of aliphatic hydroxyl groups is 1. The lowest BCUT2D eigenvalue weighted by atomic mass is 9.99. The average Bonchev–Trinajstić information content (AvgIpc) is 2.42. The molecule has 19 heavy (non-hydrogen) atoms. The molecule has 1 N–H and O–H groups in total. The first kappa shape index (κ1) is 13.1. The van der Waals surface area contributed by atoms with Crippen LogP contribution >= 0.6 is 0 Å². The Labute approximate surface area is 113 Å². The van der Waals surface area contributed by atoms with Crippen LogP contribution in [0, 0.1) is 13.8 Å². The van der Waals surface area contributed by atoms with Crippen LogP contribution in [0.4, 0.5) is 0 Å². The fraction of sp³-hybridized carbons (Fsp3) is 0.188. The lowest BCUT2D eigenvalue weighted by molar-refractivity contribution is 0.411. The van der Waals surface area contributed by atoms with Gasteiger partial charge in [-0.3, -0.25) is 0 Å². The minimum absolute atomic E-state index is 0.0234. The monoisotopic (exact) mass is 255 g/mol. The number of ether oxygens (including phenoxy) is 1. The van der Waals surface area contributed by atoms with Crippen LogP contribution in [0.3, 0.4) is 0 Å². The van der Waals surface area contributed by atoms with E-state index >= 15 is 0 Å². The normalized spacial score (nSPS) is 10.3. The summed E-state index contributed by atoms with van der Waals surface area (Å²) in [5.74, 6) is 0.841. The van der Waals surface area contributed by atoms with Crippen LogP contribution in [-0.2, 0) is 0 Å². The molecule has 0 atom stereocenters. The fourth-order valence-corrected chi connectivity index (χ4v) is 2.04. The van der Waals surface area contributed by atoms with E-state index in [1.807, 2.05) is 38.1 Å². The number of aliphatic hydroxyl groups excluding tert-OH is 1. The van der Waals surface area contributed by atoms with Gasteiger partial charge in [0.05, 0.1) is 12.8 Å². The smallest absolute Gasteiger partial charge is 0.134 e. The number of nitrogens with zero attached hydrogens (tertiary/aromatic N) is 1. The molecule has 0 aliphatic heterocycles. The Kier molecular flexibility index (Phi) is 3.56. The maximum Gasteiger partial charge on any atom is 0.134 e. The standard InChI is InChI=1S/C16H17NO2/c1-10-11(2)16(19-4)9-8-13(10)15-7-5-6-14(17-15)12(3)18/h5-9,18H,3H2,1-2,4H3. The van der Waals surface area contributed by atoms with Gasteiger partial charge < -0.3 is 9.84 Å². The molecule has 98 valence electrons. The highest BCUT2D eigenvalue weighted by molar-refractivity contribution is 5.68. The first-order valence-electron chi connectivity index (χ1n) is 6.04. The zero-order valence-electron chi connectivity index (χ0n) is 11.4. The molecule has 0 radical (unpaired) electrons. The van der Waals surface area contributed by atoms with Gasteiger partial charge in [0.25, 0.3) is 0 Å². The van der Waals surface area contributed by atoms with E-state index in [4.69, 9.17) is 4.74 Å². The number of rotatable bonds is 3. The summed E-state index contributed by atoms with van der Waals surface area (Å²) < 4.78 is 5.30. The molecule has 0 aliphatic carbocycles. The predicted molar refractivity (Wildman–Crippen MR) is 77.4 cm³/mol. The zero-order valence-corrected chi connectivity index (χ0v) is 11.4. The minimum atomic E-state index is -0.0234. The Morgan fingerprint density at radius 1 is 1.16 bits per heavy atom. The van der Waals surface area contributed by atoms with Crippen LogP contribution in [0.25, 0.3) is 17.0 Å². The Hall–Kier alpha value is -2.29. The van der Waals surface area contributed by atoms with Crippen LogP contribution in [0.1, 0.15) is 16.8 Å². The molecule has 1 heterocycles. The first-order chi connectivity index (χ1) is 9.04. The summed E-state index contributed by atoms with van der Waals surface area (Å²) in [6.45, 7) is 7.56. The molecule has 0 fully saturated rings. The van der Waals surface area contributed by atoms with Crippen molar-refractivity contribution in [3.8, 4) is 17.0 Å². The Bertz CT molecular complexity index is 633. The number of pyridine rings is 1. The van der Waals surface area contributed by atoms with Crippen molar-refractivity contribution >= 4 is 5.76 Å². The Morgan fingerprint density at radius 3 is 2.53 bits per heavy atom. The van der Waals surface area contributed by atoms with E-state index in [1.54, 1.807) is 13.2 Å². The van der Waals surface area contributed by atoms with E-state index in [0.29, 0.717) is 5.69 Å². The third-order valence-corrected chi connectivity index (χ3v) is 3.28. The van der Waals surface area contributed by atoms with Crippen molar-refractivity contribution in [2.75, 3.05) is 7.11 Å². The van der Waals surface area contributed by atoms with Crippen LogP contribution in [0.15, 0.2) is 36.9 Å². The van der Waals surface area contributed by atoms with Crippen molar-refractivity contribution in [1.29, 1.82) is 0 Å². The van der Waals surface area contributed by atoms with Crippen molar-refractivity contribution in [3.05, 3.63) is 53.7 Å². The summed E-state index contributed by atoms with van der Waals surface area (Å²) in [4.78, 5) is 4.41. The molecule has 0 amide bonds. The van der Waals surface area contributed by atoms with Crippen LogP contribution < -0.4 is 4.74 Å². The highest BCUT2D eigenvalue weighted by Crippen LogP contribution is 2.30. The van der Waals surface area contributed by atoms with Crippen LogP contribution in [0.2, 0.25) is 0 Å². The molecule has 0 bridgehead atoms. The van der Waals surface area contributed by atoms with Gasteiger partial charge in [-0.2, -0.15) is 0 Å². The summed E-state index contributed by atoms with van der Waals surface area (Å²) in [6, 6.07) is 9.42. The van der Waals surface area contributed by atoms with Gasteiger partial charge in [-0.25, -0.2) is 4.98 Å². The molecule has 0 spiro atoms. The van der Waals surface area contributed by atoms with Gasteiger partial charge in [-0.1, -0.05) is 12.6 Å². The number of methoxy groups -OCH3 is 1. The van der Waals surface area contributed by atoms with Gasteiger partial charge in [-0.05, 0) is 49.2 Å². The largest absolute Gasteiger partial charge is 0.506 e. The average molecular weight is 255 g/mol. The van der Waals surface area contributed by atoms with Crippen molar-refractivity contribution in [1.82, 2.24) is 4.98 Å². The predicted octanol–water partition coefficient (Wildman–Crippen LogP) is 3.90. The van der Waals surface area contributed by atoms with Crippen molar-refractivity contribution in [2.45, 2.75) is 13.8 Å². The first-order valence-corrected chi connectivity index (χ1v) is 6.04. The molecular weight excluding hydrogens is 238 g/mol. The van der Waals surface area contributed by atoms with E-state index in [1.165, 1.54) is 0 Å². The topological polar surface area (TPSA) is 42.4 Å². The molecular formula is C16H17NO2. The third kappa shape index (κ3) is 2.45. The SMILES string of the molecule is C=C(O)c1cccc(-c2ccc(OC)c(C)c2C)n1. The summed E-state index contributed by atoms with van der Waals surface area (Å²) in [6.07, 6.45) is 0. The highest BCUT2D eigenvalue weighted by Gasteiger charge is 2.10. The third-order valence-electron chi connectivity index (χ3n) is 3.28. The number of hydrogen-bond acceptors (Lipinski definition) is 3. The lowest BCUT2D eigenvalue weighted by Gasteiger charge is -2.12. The second-order valence-electron chi connectivity index (χ2n) is 4.42. The molecule has 0 saturated heterocycles. The van der Waals surface area contributed by atoms with E-state index in [9.17, 15) is 5.11 Å². The van der Waals surface area contributed by atoms with E-state index in [2.05, 4.69) is 11.6 Å². The lowest BCUT2D eigenvalue weighted by Crippen LogP contribution is -1.96. The second kappa shape index (κ2) is 5.14. The Morgan fingerprint density at radius 2 is 1.89 bits per heavy atom. The van der Waals surface area contributed by atoms with Gasteiger partial charge in [0.15, 0.2) is 0 Å². The fourth-order valence-electron chi connectivity index (χ4n) is 2.04. The summed E-state index contributed by atoms with van der Waals surface area (Å²) in [5, 5.41) is 9.42. The maximum absolute atomic E-state index is 9.42. The summed E-state index contributed by atoms with van der Waals surface area (Å²) in [7, 11) is 1.66. The quantitative estimate of drug-likeness (QED) is 0.846. The number of benzene rings is 1. The molecule has 0 unspecified atom stereocenters. The van der Waals surface area contributed by atoms with Gasteiger partial charge in [-0.15, -0.1) is 0 Å². The zero-order chi connectivity index (χ0) is 14.0. The highest BCUT2D eigenvalue weighted by atomic mass is 16.5. The van der Waals surface area contributed by atoms with E-state index < -0.39 is 0 Å². The van der Waals surface area contributed by atoms with Crippen LogP contribution in [-0.4, -0.2) is 17.2 Å². The van der Waals surface area contributed by atoms with Crippen molar-refractivity contribution < 1.29 is 9.84 Å². The van der Waals surface area contributed by atoms with Crippen molar-refractivity contribution in [2.24, 2.45) is 0 Å². The Balaban J connectivity index is 2.56. The van der Waals surface area contributed by atoms with Gasteiger partial charge >= 0.3 is 0 Å². The van der Waals surface area contributed by atoms with Gasteiger partial charge in [0.2, 0.25) is 0 Å². The molecule has 2 rings (SSSR count). The number of hydrogen-bond donors (Lipinski definition) is 1. The number of aromatic nitrogens is 1.